The molecule has 172 valence electrons. The molecule has 0 atom stereocenters. The van der Waals surface area contributed by atoms with Crippen molar-refractivity contribution in [3.8, 4) is 5.75 Å². The van der Waals surface area contributed by atoms with Gasteiger partial charge in [-0.2, -0.15) is 5.10 Å². The van der Waals surface area contributed by atoms with Gasteiger partial charge in [-0.25, -0.2) is 13.8 Å². The summed E-state index contributed by atoms with van der Waals surface area (Å²) in [5.41, 5.74) is 3.33. The maximum absolute atomic E-state index is 13.3. The van der Waals surface area contributed by atoms with Crippen LogP contribution in [0.4, 0.5) is 5.69 Å². The van der Waals surface area contributed by atoms with Crippen molar-refractivity contribution in [3.05, 3.63) is 88.4 Å². The molecule has 1 amide bonds. The summed E-state index contributed by atoms with van der Waals surface area (Å²) in [6, 6.07) is 19.0. The van der Waals surface area contributed by atoms with E-state index >= 15 is 0 Å². The average molecular weight is 506 g/mol. The Hall–Kier alpha value is -3.07. The molecule has 0 bridgehead atoms. The number of rotatable bonds is 9. The van der Waals surface area contributed by atoms with E-state index in [1.807, 2.05) is 6.92 Å². The lowest BCUT2D eigenvalue weighted by Gasteiger charge is -2.24. The molecule has 3 aromatic rings. The van der Waals surface area contributed by atoms with Gasteiger partial charge in [-0.05, 0) is 73.2 Å². The summed E-state index contributed by atoms with van der Waals surface area (Å²) in [7, 11) is -4.07. The first kappa shape index (κ1) is 24.6. The summed E-state index contributed by atoms with van der Waals surface area (Å²) in [6.07, 6.45) is 1.42. The molecule has 0 aliphatic heterocycles. The fraction of sp³-hybridized carbons (Fsp3) is 0.130. The van der Waals surface area contributed by atoms with Crippen molar-refractivity contribution in [3.63, 3.8) is 0 Å². The summed E-state index contributed by atoms with van der Waals surface area (Å²) in [5.74, 6) is -0.0413. The molecule has 0 aliphatic carbocycles. The van der Waals surface area contributed by atoms with Gasteiger partial charge in [0.15, 0.2) is 0 Å². The second-order valence-electron chi connectivity index (χ2n) is 6.74. The van der Waals surface area contributed by atoms with Gasteiger partial charge in [-0.3, -0.25) is 9.10 Å². The van der Waals surface area contributed by atoms with Gasteiger partial charge in [-0.15, -0.1) is 0 Å². The first-order chi connectivity index (χ1) is 15.8. The topological polar surface area (TPSA) is 88.1 Å². The minimum Gasteiger partial charge on any atom is -0.494 e. The van der Waals surface area contributed by atoms with Gasteiger partial charge in [0.05, 0.1) is 23.4 Å². The fourth-order valence-corrected chi connectivity index (χ4v) is 4.60. The number of nitrogens with one attached hydrogen (secondary N) is 1. The third kappa shape index (κ3) is 6.71. The lowest BCUT2D eigenvalue weighted by Crippen LogP contribution is -2.39. The van der Waals surface area contributed by atoms with E-state index in [1.54, 1.807) is 48.5 Å². The van der Waals surface area contributed by atoms with Crippen molar-refractivity contribution >= 4 is 51.0 Å². The van der Waals surface area contributed by atoms with Crippen molar-refractivity contribution in [2.24, 2.45) is 5.10 Å². The van der Waals surface area contributed by atoms with Crippen LogP contribution in [0.15, 0.2) is 82.8 Å². The Morgan fingerprint density at radius 3 is 2.36 bits per heavy atom. The third-order valence-electron chi connectivity index (χ3n) is 4.38. The van der Waals surface area contributed by atoms with E-state index in [2.05, 4.69) is 10.5 Å². The van der Waals surface area contributed by atoms with Crippen LogP contribution in [0.1, 0.15) is 12.5 Å². The standard InChI is InChI=1S/C23H21Cl2N3O4S/c1-2-32-21-10-8-20(9-11-21)28(33(30,31)22-12-6-18(24)7-13-22)16-23(29)27-26-15-17-4-3-5-19(25)14-17/h3-15H,2,16H2,1H3,(H,27,29)/b26-15-. The lowest BCUT2D eigenvalue weighted by molar-refractivity contribution is -0.119. The molecule has 0 saturated carbocycles. The zero-order chi connectivity index (χ0) is 23.8. The number of anilines is 1. The predicted molar refractivity (Wildman–Crippen MR) is 131 cm³/mol. The van der Waals surface area contributed by atoms with Gasteiger partial charge in [0.1, 0.15) is 12.3 Å². The van der Waals surface area contributed by atoms with Gasteiger partial charge < -0.3 is 4.74 Å². The zero-order valence-corrected chi connectivity index (χ0v) is 19.9. The molecule has 0 unspecified atom stereocenters. The number of carbonyl (C=O) groups excluding carboxylic acids is 1. The van der Waals surface area contributed by atoms with Gasteiger partial charge in [0.25, 0.3) is 15.9 Å². The summed E-state index contributed by atoms with van der Waals surface area (Å²) >= 11 is 11.8. The van der Waals surface area contributed by atoms with Crippen LogP contribution in [0.2, 0.25) is 10.0 Å². The van der Waals surface area contributed by atoms with Crippen molar-refractivity contribution in [2.75, 3.05) is 17.5 Å². The Morgan fingerprint density at radius 2 is 1.73 bits per heavy atom. The summed E-state index contributed by atoms with van der Waals surface area (Å²) < 4.78 is 33.1. The Kier molecular flexibility index (Phi) is 8.32. The molecule has 7 nitrogen and oxygen atoms in total. The van der Waals surface area contributed by atoms with E-state index in [0.29, 0.717) is 33.7 Å². The van der Waals surface area contributed by atoms with E-state index in [-0.39, 0.29) is 4.90 Å². The SMILES string of the molecule is CCOc1ccc(N(CC(=O)N/N=C\c2cccc(Cl)c2)S(=O)(=O)c2ccc(Cl)cc2)cc1. The largest absolute Gasteiger partial charge is 0.494 e. The second kappa shape index (κ2) is 11.2. The van der Waals surface area contributed by atoms with Crippen LogP contribution in [0.3, 0.4) is 0 Å². The zero-order valence-electron chi connectivity index (χ0n) is 17.6. The number of ether oxygens (including phenoxy) is 1. The predicted octanol–water partition coefficient (Wildman–Crippen LogP) is 4.74. The number of halogens is 2. The van der Waals surface area contributed by atoms with Crippen LogP contribution in [-0.4, -0.2) is 33.7 Å². The number of hydrazone groups is 1. The number of hydrogen-bond acceptors (Lipinski definition) is 5. The minimum absolute atomic E-state index is 0.00369. The summed E-state index contributed by atoms with van der Waals surface area (Å²) in [6.45, 7) is 1.82. The van der Waals surface area contributed by atoms with Crippen molar-refractivity contribution < 1.29 is 17.9 Å². The monoisotopic (exact) mass is 505 g/mol. The van der Waals surface area contributed by atoms with Crippen LogP contribution < -0.4 is 14.5 Å². The highest BCUT2D eigenvalue weighted by Crippen LogP contribution is 2.26. The van der Waals surface area contributed by atoms with Crippen LogP contribution in [0.25, 0.3) is 0 Å². The number of carbonyl (C=O) groups is 1. The van der Waals surface area contributed by atoms with Gasteiger partial charge in [-0.1, -0.05) is 35.3 Å². The first-order valence-electron chi connectivity index (χ1n) is 9.88. The molecule has 1 N–H and O–H groups in total. The van der Waals surface area contributed by atoms with Crippen LogP contribution in [-0.2, 0) is 14.8 Å². The van der Waals surface area contributed by atoms with E-state index in [4.69, 9.17) is 27.9 Å². The summed E-state index contributed by atoms with van der Waals surface area (Å²) in [5, 5.41) is 4.82. The van der Waals surface area contributed by atoms with Gasteiger partial charge >= 0.3 is 0 Å². The smallest absolute Gasteiger partial charge is 0.264 e. The van der Waals surface area contributed by atoms with Crippen molar-refractivity contribution in [1.82, 2.24) is 5.43 Å². The molecule has 0 radical (unpaired) electrons. The van der Waals surface area contributed by atoms with Crippen LogP contribution >= 0.6 is 23.2 Å². The molecule has 33 heavy (non-hydrogen) atoms. The molecule has 10 heteroatoms. The first-order valence-corrected chi connectivity index (χ1v) is 12.1. The van der Waals surface area contributed by atoms with Crippen LogP contribution in [0, 0.1) is 0 Å². The Morgan fingerprint density at radius 1 is 1.03 bits per heavy atom. The molecule has 3 aromatic carbocycles. The molecule has 0 fully saturated rings. The van der Waals surface area contributed by atoms with E-state index in [0.717, 1.165) is 4.31 Å². The highest BCUT2D eigenvalue weighted by Gasteiger charge is 2.27. The fourth-order valence-electron chi connectivity index (χ4n) is 2.86. The number of amides is 1. The van der Waals surface area contributed by atoms with Crippen molar-refractivity contribution in [1.29, 1.82) is 0 Å². The normalized spacial score (nSPS) is 11.4. The van der Waals surface area contributed by atoms with E-state index in [9.17, 15) is 13.2 Å². The number of hydrogen-bond donors (Lipinski definition) is 1. The van der Waals surface area contributed by atoms with Crippen LogP contribution in [0.5, 0.6) is 5.75 Å². The Labute approximate surface area is 202 Å². The Balaban J connectivity index is 1.84. The molecule has 3 rings (SSSR count). The molecular formula is C23H21Cl2N3O4S. The highest BCUT2D eigenvalue weighted by atomic mass is 35.5. The molecular weight excluding hydrogens is 485 g/mol. The summed E-state index contributed by atoms with van der Waals surface area (Å²) in [4.78, 5) is 12.6. The van der Waals surface area contributed by atoms with Crippen molar-refractivity contribution in [2.45, 2.75) is 11.8 Å². The van der Waals surface area contributed by atoms with E-state index in [1.165, 1.54) is 30.5 Å². The Bertz CT molecular complexity index is 1230. The van der Waals surface area contributed by atoms with Gasteiger partial charge in [0.2, 0.25) is 0 Å². The highest BCUT2D eigenvalue weighted by molar-refractivity contribution is 7.92. The maximum Gasteiger partial charge on any atom is 0.264 e. The molecule has 0 spiro atoms. The number of nitrogens with zero attached hydrogens (tertiary/aromatic N) is 2. The third-order valence-corrected chi connectivity index (χ3v) is 6.65. The molecule has 0 aromatic heterocycles. The van der Waals surface area contributed by atoms with E-state index < -0.39 is 22.5 Å². The lowest BCUT2D eigenvalue weighted by atomic mass is 10.2. The quantitative estimate of drug-likeness (QED) is 0.336. The number of benzene rings is 3. The molecule has 0 heterocycles. The minimum atomic E-state index is -4.07. The maximum atomic E-state index is 13.3. The second-order valence-corrected chi connectivity index (χ2v) is 9.48. The molecule has 0 saturated heterocycles. The molecule has 0 aliphatic rings. The van der Waals surface area contributed by atoms with Gasteiger partial charge in [0, 0.05) is 10.0 Å². The average Bonchev–Trinajstić information content (AvgIpc) is 2.79. The number of sulfonamides is 1.